The van der Waals surface area contributed by atoms with Crippen LogP contribution in [0.15, 0.2) is 85.1 Å². The molecule has 426 valence electrons. The molecule has 0 bridgehead atoms. The van der Waals surface area contributed by atoms with E-state index in [0.29, 0.717) is 19.3 Å². The molecule has 0 fully saturated rings. The summed E-state index contributed by atoms with van der Waals surface area (Å²) in [7, 11) is 0. The Kier molecular flexibility index (Phi) is 59.3. The molecule has 0 aliphatic rings. The molecular weight excluding hydrogens is 913 g/mol. The summed E-state index contributed by atoms with van der Waals surface area (Å²) in [4.78, 5) is 38.2. The number of carbonyl (C=O) groups is 3. The van der Waals surface area contributed by atoms with Crippen LogP contribution in [0.2, 0.25) is 0 Å². The molecule has 0 rings (SSSR count). The molecule has 0 aromatic carbocycles. The zero-order chi connectivity index (χ0) is 53.6. The quantitative estimate of drug-likeness (QED) is 0.0261. The lowest BCUT2D eigenvalue weighted by Gasteiger charge is -2.18. The minimum atomic E-state index is -0.785. The van der Waals surface area contributed by atoms with Crippen LogP contribution >= 0.6 is 0 Å². The lowest BCUT2D eigenvalue weighted by atomic mass is 10.0. The number of hydrogen-bond donors (Lipinski definition) is 0. The highest BCUT2D eigenvalue weighted by molar-refractivity contribution is 5.71. The van der Waals surface area contributed by atoms with Crippen molar-refractivity contribution in [3.8, 4) is 0 Å². The monoisotopic (exact) mass is 1030 g/mol. The number of carbonyl (C=O) groups excluding carboxylic acids is 3. The standard InChI is InChI=1S/C68H118O6/c1-4-7-10-13-16-19-22-24-26-28-30-32-33-34-35-37-38-40-42-44-46-49-52-55-58-61-67(70)73-64-65(63-72-66(69)60-57-54-51-48-21-18-15-12-9-6-3)74-68(71)62-59-56-53-50-47-45-43-41-39-36-31-29-27-25-23-20-17-14-11-8-5-2/h8,11-12,15,17,20,22,24-25,27-28,30-31,36,65H,4-7,9-10,13-14,16,18-19,21,23,26,29,32-35,37-64H2,1-3H3/b11-8-,15-12-,20-17-,24-22-,27-25-,30-28-,36-31-. The van der Waals surface area contributed by atoms with Crippen molar-refractivity contribution in [2.75, 3.05) is 13.2 Å². The van der Waals surface area contributed by atoms with Crippen LogP contribution in [0.4, 0.5) is 0 Å². The first kappa shape index (κ1) is 70.6. The largest absolute Gasteiger partial charge is 0.462 e. The van der Waals surface area contributed by atoms with Gasteiger partial charge in [0.15, 0.2) is 6.10 Å². The Balaban J connectivity index is 4.25. The summed E-state index contributed by atoms with van der Waals surface area (Å²) >= 11 is 0. The van der Waals surface area contributed by atoms with Gasteiger partial charge >= 0.3 is 17.9 Å². The van der Waals surface area contributed by atoms with Crippen LogP contribution in [-0.4, -0.2) is 37.2 Å². The van der Waals surface area contributed by atoms with Gasteiger partial charge in [0.2, 0.25) is 0 Å². The molecule has 6 nitrogen and oxygen atoms in total. The number of ether oxygens (including phenoxy) is 3. The lowest BCUT2D eigenvalue weighted by molar-refractivity contribution is -0.167. The molecule has 0 aromatic rings. The first-order valence-electron chi connectivity index (χ1n) is 31.6. The van der Waals surface area contributed by atoms with Gasteiger partial charge in [-0.2, -0.15) is 0 Å². The third-order valence-electron chi connectivity index (χ3n) is 13.6. The van der Waals surface area contributed by atoms with Gasteiger partial charge in [0, 0.05) is 19.3 Å². The van der Waals surface area contributed by atoms with E-state index in [2.05, 4.69) is 106 Å². The van der Waals surface area contributed by atoms with Gasteiger partial charge in [-0.05, 0) is 109 Å². The third kappa shape index (κ3) is 59.5. The Morgan fingerprint density at radius 2 is 0.554 bits per heavy atom. The van der Waals surface area contributed by atoms with Gasteiger partial charge < -0.3 is 14.2 Å². The number of esters is 3. The van der Waals surface area contributed by atoms with E-state index in [-0.39, 0.29) is 31.1 Å². The van der Waals surface area contributed by atoms with Crippen LogP contribution in [0.25, 0.3) is 0 Å². The van der Waals surface area contributed by atoms with E-state index < -0.39 is 6.10 Å². The van der Waals surface area contributed by atoms with Crippen LogP contribution in [0.3, 0.4) is 0 Å². The SMILES string of the molecule is CC/C=C\C/C=C\C/C=C\C/C=C\CCCCCCCCCCC(=O)OC(COC(=O)CCCCCCC/C=C\CCC)COC(=O)CCCCCCCCCCCCCCC/C=C\C/C=C\CCCCCCC. The van der Waals surface area contributed by atoms with Crippen molar-refractivity contribution in [1.82, 2.24) is 0 Å². The van der Waals surface area contributed by atoms with E-state index in [1.54, 1.807) is 0 Å². The van der Waals surface area contributed by atoms with Gasteiger partial charge in [-0.1, -0.05) is 266 Å². The summed E-state index contributed by atoms with van der Waals surface area (Å²) in [5.41, 5.74) is 0. The predicted molar refractivity (Wildman–Crippen MR) is 321 cm³/mol. The summed E-state index contributed by atoms with van der Waals surface area (Å²) in [5.74, 6) is -0.892. The molecule has 0 N–H and O–H groups in total. The molecule has 0 spiro atoms. The van der Waals surface area contributed by atoms with E-state index in [0.717, 1.165) is 109 Å². The van der Waals surface area contributed by atoms with E-state index in [9.17, 15) is 14.4 Å². The minimum absolute atomic E-state index is 0.0817. The maximum atomic E-state index is 12.9. The van der Waals surface area contributed by atoms with Gasteiger partial charge in [0.05, 0.1) is 0 Å². The fourth-order valence-electron chi connectivity index (χ4n) is 8.88. The van der Waals surface area contributed by atoms with Gasteiger partial charge in [0.1, 0.15) is 13.2 Å². The van der Waals surface area contributed by atoms with Gasteiger partial charge in [-0.3, -0.25) is 14.4 Å². The van der Waals surface area contributed by atoms with Gasteiger partial charge in [-0.25, -0.2) is 0 Å². The minimum Gasteiger partial charge on any atom is -0.462 e. The van der Waals surface area contributed by atoms with Crippen molar-refractivity contribution in [2.24, 2.45) is 0 Å². The van der Waals surface area contributed by atoms with Crippen LogP contribution in [0, 0.1) is 0 Å². The molecule has 1 atom stereocenters. The smallest absolute Gasteiger partial charge is 0.306 e. The molecule has 74 heavy (non-hydrogen) atoms. The topological polar surface area (TPSA) is 78.9 Å². The van der Waals surface area contributed by atoms with Crippen LogP contribution in [-0.2, 0) is 28.6 Å². The summed E-state index contributed by atoms with van der Waals surface area (Å²) < 4.78 is 16.9. The second kappa shape index (κ2) is 62.1. The van der Waals surface area contributed by atoms with Crippen molar-refractivity contribution in [3.05, 3.63) is 85.1 Å². The maximum absolute atomic E-state index is 12.9. The first-order chi connectivity index (χ1) is 36.5. The predicted octanol–water partition coefficient (Wildman–Crippen LogP) is 21.5. The van der Waals surface area contributed by atoms with Crippen LogP contribution in [0.5, 0.6) is 0 Å². The second-order valence-electron chi connectivity index (χ2n) is 20.9. The number of hydrogen-bond acceptors (Lipinski definition) is 6. The van der Waals surface area contributed by atoms with E-state index in [1.807, 2.05) is 0 Å². The highest BCUT2D eigenvalue weighted by Gasteiger charge is 2.19. The molecule has 0 radical (unpaired) electrons. The number of rotatable bonds is 57. The van der Waals surface area contributed by atoms with Crippen molar-refractivity contribution < 1.29 is 28.6 Å². The van der Waals surface area contributed by atoms with Crippen LogP contribution in [0.1, 0.15) is 310 Å². The van der Waals surface area contributed by atoms with Crippen LogP contribution < -0.4 is 0 Å². The summed E-state index contributed by atoms with van der Waals surface area (Å²) in [6.07, 6.45) is 81.7. The molecule has 0 aliphatic carbocycles. The molecule has 6 heteroatoms. The molecule has 0 saturated heterocycles. The van der Waals surface area contributed by atoms with Gasteiger partial charge in [0.25, 0.3) is 0 Å². The average molecular weight is 1030 g/mol. The normalized spacial score (nSPS) is 12.6. The van der Waals surface area contributed by atoms with E-state index in [4.69, 9.17) is 14.2 Å². The Morgan fingerprint density at radius 3 is 0.892 bits per heavy atom. The lowest BCUT2D eigenvalue weighted by Crippen LogP contribution is -2.30. The Labute approximate surface area is 458 Å². The van der Waals surface area contributed by atoms with Crippen molar-refractivity contribution in [1.29, 1.82) is 0 Å². The van der Waals surface area contributed by atoms with E-state index >= 15 is 0 Å². The van der Waals surface area contributed by atoms with Gasteiger partial charge in [-0.15, -0.1) is 0 Å². The highest BCUT2D eigenvalue weighted by atomic mass is 16.6. The van der Waals surface area contributed by atoms with Crippen molar-refractivity contribution >= 4 is 17.9 Å². The summed E-state index contributed by atoms with van der Waals surface area (Å²) in [6, 6.07) is 0. The Bertz CT molecular complexity index is 1420. The summed E-state index contributed by atoms with van der Waals surface area (Å²) in [6.45, 7) is 6.47. The highest BCUT2D eigenvalue weighted by Crippen LogP contribution is 2.16. The third-order valence-corrected chi connectivity index (χ3v) is 13.6. The molecule has 1 unspecified atom stereocenters. The molecule has 0 aliphatic heterocycles. The Morgan fingerprint density at radius 1 is 0.284 bits per heavy atom. The van der Waals surface area contributed by atoms with Crippen molar-refractivity contribution in [3.63, 3.8) is 0 Å². The maximum Gasteiger partial charge on any atom is 0.306 e. The molecule has 0 heterocycles. The molecule has 0 saturated carbocycles. The van der Waals surface area contributed by atoms with E-state index in [1.165, 1.54) is 161 Å². The zero-order valence-corrected chi connectivity index (χ0v) is 48.8. The molecule has 0 amide bonds. The second-order valence-corrected chi connectivity index (χ2v) is 20.9. The average Bonchev–Trinajstić information content (AvgIpc) is 3.40. The molecular formula is C68H118O6. The number of allylic oxidation sites excluding steroid dienone is 14. The molecule has 0 aromatic heterocycles. The summed E-state index contributed by atoms with van der Waals surface area (Å²) in [5, 5.41) is 0. The fraction of sp³-hybridized carbons (Fsp3) is 0.750. The number of unbranched alkanes of at least 4 members (excludes halogenated alkanes) is 32. The van der Waals surface area contributed by atoms with Crippen molar-refractivity contribution in [2.45, 2.75) is 316 Å². The Hall–Kier alpha value is -3.41. The zero-order valence-electron chi connectivity index (χ0n) is 48.8. The fourth-order valence-corrected chi connectivity index (χ4v) is 8.88. The first-order valence-corrected chi connectivity index (χ1v) is 31.6.